The lowest BCUT2D eigenvalue weighted by atomic mass is 10.1. The first kappa shape index (κ1) is 14.7. The Bertz CT molecular complexity index is 861. The van der Waals surface area contributed by atoms with Crippen LogP contribution in [0.25, 0.3) is 11.0 Å². The lowest BCUT2D eigenvalue weighted by Gasteiger charge is -2.10. The Labute approximate surface area is 139 Å². The molecule has 7 nitrogen and oxygen atoms in total. The van der Waals surface area contributed by atoms with E-state index in [-0.39, 0.29) is 0 Å². The Morgan fingerprint density at radius 3 is 2.96 bits per heavy atom. The Kier molecular flexibility index (Phi) is 3.90. The largest absolute Gasteiger partial charge is 0.490 e. The number of rotatable bonds is 4. The predicted octanol–water partition coefficient (Wildman–Crippen LogP) is 2.18. The summed E-state index contributed by atoms with van der Waals surface area (Å²) in [6.07, 6.45) is 5.24. The van der Waals surface area contributed by atoms with E-state index in [1.165, 1.54) is 11.9 Å². The number of ether oxygens (including phenoxy) is 2. The molecule has 7 heteroatoms. The van der Waals surface area contributed by atoms with Gasteiger partial charge in [-0.25, -0.2) is 9.97 Å². The number of hydrogen-bond donors (Lipinski definition) is 1. The first-order chi connectivity index (χ1) is 11.8. The lowest BCUT2D eigenvalue weighted by Crippen LogP contribution is -2.07. The minimum atomic E-state index is 0.700. The fraction of sp³-hybridized carbons (Fsp3) is 0.353. The molecule has 0 spiro atoms. The van der Waals surface area contributed by atoms with Crippen LogP contribution in [0.2, 0.25) is 0 Å². The summed E-state index contributed by atoms with van der Waals surface area (Å²) in [5.74, 6) is 2.47. The molecule has 0 fully saturated rings. The third kappa shape index (κ3) is 2.97. The van der Waals surface area contributed by atoms with Crippen molar-refractivity contribution in [1.29, 1.82) is 0 Å². The lowest BCUT2D eigenvalue weighted by molar-refractivity contribution is 0.297. The molecule has 1 aliphatic rings. The summed E-state index contributed by atoms with van der Waals surface area (Å²) in [6.45, 7) is 2.18. The zero-order valence-corrected chi connectivity index (χ0v) is 13.5. The molecule has 1 N–H and O–H groups in total. The highest BCUT2D eigenvalue weighted by Gasteiger charge is 2.11. The van der Waals surface area contributed by atoms with Crippen molar-refractivity contribution in [3.8, 4) is 11.5 Å². The van der Waals surface area contributed by atoms with Crippen molar-refractivity contribution in [2.45, 2.75) is 12.8 Å². The second kappa shape index (κ2) is 6.35. The van der Waals surface area contributed by atoms with Crippen molar-refractivity contribution in [3.63, 3.8) is 0 Å². The van der Waals surface area contributed by atoms with Gasteiger partial charge in [-0.15, -0.1) is 0 Å². The zero-order chi connectivity index (χ0) is 16.4. The van der Waals surface area contributed by atoms with Gasteiger partial charge in [-0.2, -0.15) is 5.10 Å². The molecule has 4 rings (SSSR count). The van der Waals surface area contributed by atoms with Crippen molar-refractivity contribution in [3.05, 3.63) is 36.3 Å². The molecular formula is C17H19N5O2. The highest BCUT2D eigenvalue weighted by molar-refractivity contribution is 5.85. The molecule has 0 unspecified atom stereocenters. The van der Waals surface area contributed by atoms with E-state index in [1.807, 2.05) is 19.3 Å². The average molecular weight is 325 g/mol. The van der Waals surface area contributed by atoms with Gasteiger partial charge in [-0.1, -0.05) is 6.07 Å². The molecule has 0 bridgehead atoms. The SMILES string of the molecule is Cn1cc2c(NCCc3ccc4c(c3)OCCCO4)ncnc2n1. The minimum Gasteiger partial charge on any atom is -0.490 e. The van der Waals surface area contributed by atoms with E-state index in [9.17, 15) is 0 Å². The second-order valence-corrected chi connectivity index (χ2v) is 5.77. The van der Waals surface area contributed by atoms with E-state index in [0.29, 0.717) is 18.9 Å². The van der Waals surface area contributed by atoms with E-state index in [4.69, 9.17) is 9.47 Å². The molecule has 1 aromatic carbocycles. The summed E-state index contributed by atoms with van der Waals surface area (Å²) in [4.78, 5) is 8.49. The number of hydrogen-bond acceptors (Lipinski definition) is 6. The smallest absolute Gasteiger partial charge is 0.186 e. The summed E-state index contributed by atoms with van der Waals surface area (Å²) >= 11 is 0. The maximum atomic E-state index is 5.74. The van der Waals surface area contributed by atoms with Crippen LogP contribution >= 0.6 is 0 Å². The summed E-state index contributed by atoms with van der Waals surface area (Å²) in [7, 11) is 1.88. The average Bonchev–Trinajstić information content (AvgIpc) is 2.82. The van der Waals surface area contributed by atoms with Gasteiger partial charge < -0.3 is 14.8 Å². The number of aromatic nitrogens is 4. The molecule has 0 saturated carbocycles. The van der Waals surface area contributed by atoms with Crippen LogP contribution < -0.4 is 14.8 Å². The molecule has 124 valence electrons. The fourth-order valence-electron chi connectivity index (χ4n) is 2.78. The minimum absolute atomic E-state index is 0.700. The number of aryl methyl sites for hydroxylation is 1. The van der Waals surface area contributed by atoms with Gasteiger partial charge in [0.25, 0.3) is 0 Å². The van der Waals surface area contributed by atoms with Crippen molar-refractivity contribution >= 4 is 16.9 Å². The molecule has 1 aliphatic heterocycles. The standard InChI is InChI=1S/C17H19N5O2/c1-22-10-13-16(19-11-20-17(13)21-22)18-6-5-12-3-4-14-15(9-12)24-8-2-7-23-14/h3-4,9-11H,2,5-8H2,1H3,(H,18,19,20,21). The van der Waals surface area contributed by atoms with Gasteiger partial charge in [0.05, 0.1) is 18.6 Å². The van der Waals surface area contributed by atoms with Crippen LogP contribution in [0, 0.1) is 0 Å². The molecular weight excluding hydrogens is 306 g/mol. The van der Waals surface area contributed by atoms with E-state index < -0.39 is 0 Å². The van der Waals surface area contributed by atoms with Gasteiger partial charge in [-0.05, 0) is 24.1 Å². The van der Waals surface area contributed by atoms with Gasteiger partial charge in [-0.3, -0.25) is 4.68 Å². The zero-order valence-electron chi connectivity index (χ0n) is 13.5. The van der Waals surface area contributed by atoms with E-state index in [1.54, 1.807) is 4.68 Å². The van der Waals surface area contributed by atoms with Crippen LogP contribution in [0.15, 0.2) is 30.7 Å². The molecule has 0 saturated heterocycles. The van der Waals surface area contributed by atoms with E-state index in [0.717, 1.165) is 42.1 Å². The number of anilines is 1. The van der Waals surface area contributed by atoms with Crippen LogP contribution in [0.1, 0.15) is 12.0 Å². The summed E-state index contributed by atoms with van der Waals surface area (Å²) < 4.78 is 13.1. The Hall–Kier alpha value is -2.83. The summed E-state index contributed by atoms with van der Waals surface area (Å²) in [5, 5.41) is 8.59. The summed E-state index contributed by atoms with van der Waals surface area (Å²) in [5.41, 5.74) is 1.90. The molecule has 0 radical (unpaired) electrons. The van der Waals surface area contributed by atoms with Gasteiger partial charge in [0.15, 0.2) is 17.1 Å². The van der Waals surface area contributed by atoms with Crippen molar-refractivity contribution in [1.82, 2.24) is 19.7 Å². The Morgan fingerprint density at radius 2 is 2.04 bits per heavy atom. The van der Waals surface area contributed by atoms with Gasteiger partial charge in [0, 0.05) is 26.2 Å². The molecule has 0 aliphatic carbocycles. The van der Waals surface area contributed by atoms with Gasteiger partial charge in [0.1, 0.15) is 12.1 Å². The third-order valence-corrected chi connectivity index (χ3v) is 3.95. The fourth-order valence-corrected chi connectivity index (χ4v) is 2.78. The topological polar surface area (TPSA) is 74.1 Å². The monoisotopic (exact) mass is 325 g/mol. The Morgan fingerprint density at radius 1 is 1.17 bits per heavy atom. The number of nitrogens with one attached hydrogen (secondary N) is 1. The van der Waals surface area contributed by atoms with E-state index >= 15 is 0 Å². The van der Waals surface area contributed by atoms with Crippen LogP contribution in [0.3, 0.4) is 0 Å². The molecule has 0 amide bonds. The van der Waals surface area contributed by atoms with Crippen molar-refractivity contribution in [2.24, 2.45) is 7.05 Å². The van der Waals surface area contributed by atoms with Crippen molar-refractivity contribution < 1.29 is 9.47 Å². The maximum absolute atomic E-state index is 5.74. The normalized spacial score (nSPS) is 13.7. The number of benzene rings is 1. The van der Waals surface area contributed by atoms with Crippen molar-refractivity contribution in [2.75, 3.05) is 25.1 Å². The second-order valence-electron chi connectivity index (χ2n) is 5.77. The maximum Gasteiger partial charge on any atom is 0.186 e. The summed E-state index contributed by atoms with van der Waals surface area (Å²) in [6, 6.07) is 6.12. The first-order valence-corrected chi connectivity index (χ1v) is 8.06. The van der Waals surface area contributed by atoms with Crippen LogP contribution in [0.5, 0.6) is 11.5 Å². The highest BCUT2D eigenvalue weighted by atomic mass is 16.5. The molecule has 2 aromatic heterocycles. The van der Waals surface area contributed by atoms with Crippen LogP contribution in [-0.2, 0) is 13.5 Å². The molecule has 24 heavy (non-hydrogen) atoms. The van der Waals surface area contributed by atoms with Gasteiger partial charge in [0.2, 0.25) is 0 Å². The first-order valence-electron chi connectivity index (χ1n) is 8.06. The van der Waals surface area contributed by atoms with Gasteiger partial charge >= 0.3 is 0 Å². The molecule has 3 heterocycles. The Balaban J connectivity index is 1.44. The predicted molar refractivity (Wildman–Crippen MR) is 90.5 cm³/mol. The quantitative estimate of drug-likeness (QED) is 0.792. The number of fused-ring (bicyclic) bond motifs is 2. The van der Waals surface area contributed by atoms with E-state index in [2.05, 4.69) is 32.5 Å². The third-order valence-electron chi connectivity index (χ3n) is 3.95. The molecule has 3 aromatic rings. The molecule has 0 atom stereocenters. The van der Waals surface area contributed by atoms with Crippen LogP contribution in [-0.4, -0.2) is 39.5 Å². The number of nitrogens with zero attached hydrogens (tertiary/aromatic N) is 4. The van der Waals surface area contributed by atoms with Crippen LogP contribution in [0.4, 0.5) is 5.82 Å². The highest BCUT2D eigenvalue weighted by Crippen LogP contribution is 2.30.